The van der Waals surface area contributed by atoms with Gasteiger partial charge >= 0.3 is 0 Å². The highest BCUT2D eigenvalue weighted by Crippen LogP contribution is 2.31. The molecule has 1 amide bonds. The summed E-state index contributed by atoms with van der Waals surface area (Å²) in [5.74, 6) is 2.38. The first-order valence-electron chi connectivity index (χ1n) is 9.59. The Morgan fingerprint density at radius 1 is 1.07 bits per heavy atom. The number of hydrogen-bond acceptors (Lipinski definition) is 4. The predicted molar refractivity (Wildman–Crippen MR) is 110 cm³/mol. The van der Waals surface area contributed by atoms with Gasteiger partial charge in [-0.1, -0.05) is 32.0 Å². The fourth-order valence-electron chi connectivity index (χ4n) is 3.10. The molecular formula is C23H27NO4. The molecule has 1 unspecified atom stereocenters. The van der Waals surface area contributed by atoms with Gasteiger partial charge in [-0.05, 0) is 47.4 Å². The lowest BCUT2D eigenvalue weighted by Crippen LogP contribution is -2.30. The average molecular weight is 381 g/mol. The van der Waals surface area contributed by atoms with E-state index in [0.717, 1.165) is 34.8 Å². The van der Waals surface area contributed by atoms with Crippen LogP contribution in [-0.2, 0) is 4.79 Å². The van der Waals surface area contributed by atoms with E-state index >= 15 is 0 Å². The lowest BCUT2D eigenvalue weighted by Gasteiger charge is -2.22. The quantitative estimate of drug-likeness (QED) is 0.755. The minimum Gasteiger partial charge on any atom is -0.497 e. The van der Waals surface area contributed by atoms with E-state index in [0.29, 0.717) is 13.2 Å². The second-order valence-corrected chi connectivity index (χ2v) is 7.09. The molecule has 1 heterocycles. The molecule has 1 atom stereocenters. The van der Waals surface area contributed by atoms with Crippen molar-refractivity contribution >= 4 is 12.0 Å². The molecular weight excluding hydrogens is 354 g/mol. The zero-order chi connectivity index (χ0) is 19.9. The van der Waals surface area contributed by atoms with Crippen LogP contribution in [0, 0.1) is 5.92 Å². The summed E-state index contributed by atoms with van der Waals surface area (Å²) in [6.07, 6.45) is 4.21. The Balaban J connectivity index is 1.68. The Morgan fingerprint density at radius 2 is 1.79 bits per heavy atom. The highest BCUT2D eigenvalue weighted by Gasteiger charge is 2.17. The molecule has 5 heteroatoms. The summed E-state index contributed by atoms with van der Waals surface area (Å²) in [6, 6.07) is 13.4. The Labute approximate surface area is 166 Å². The summed E-state index contributed by atoms with van der Waals surface area (Å²) in [7, 11) is 1.64. The van der Waals surface area contributed by atoms with E-state index in [9.17, 15) is 4.79 Å². The number of fused-ring (bicyclic) bond motifs is 1. The van der Waals surface area contributed by atoms with Gasteiger partial charge in [0.15, 0.2) is 11.5 Å². The molecule has 0 aromatic heterocycles. The molecule has 1 aliphatic heterocycles. The molecule has 0 radical (unpaired) electrons. The Hall–Kier alpha value is -2.95. The number of carbonyl (C=O) groups excluding carboxylic acids is 1. The zero-order valence-electron chi connectivity index (χ0n) is 16.6. The molecule has 0 saturated carbocycles. The van der Waals surface area contributed by atoms with Crippen LogP contribution in [0.3, 0.4) is 0 Å². The van der Waals surface area contributed by atoms with Gasteiger partial charge in [-0.3, -0.25) is 4.79 Å². The molecule has 3 rings (SSSR count). The van der Waals surface area contributed by atoms with Gasteiger partial charge in [0.2, 0.25) is 5.91 Å². The molecule has 5 nitrogen and oxygen atoms in total. The number of nitrogens with one attached hydrogen (secondary N) is 1. The molecule has 148 valence electrons. The summed E-state index contributed by atoms with van der Waals surface area (Å²) >= 11 is 0. The number of benzene rings is 2. The number of methoxy groups -OCH3 is 1. The van der Waals surface area contributed by atoms with E-state index in [1.807, 2.05) is 42.5 Å². The van der Waals surface area contributed by atoms with E-state index in [-0.39, 0.29) is 17.9 Å². The minimum atomic E-state index is -0.137. The van der Waals surface area contributed by atoms with Crippen molar-refractivity contribution in [2.24, 2.45) is 5.92 Å². The highest BCUT2D eigenvalue weighted by atomic mass is 16.5. The molecule has 0 spiro atoms. The van der Waals surface area contributed by atoms with Gasteiger partial charge in [-0.2, -0.15) is 0 Å². The third-order valence-electron chi connectivity index (χ3n) is 4.64. The van der Waals surface area contributed by atoms with Gasteiger partial charge in [-0.25, -0.2) is 0 Å². The van der Waals surface area contributed by atoms with Gasteiger partial charge in [-0.15, -0.1) is 0 Å². The van der Waals surface area contributed by atoms with Crippen molar-refractivity contribution in [2.75, 3.05) is 20.3 Å². The van der Waals surface area contributed by atoms with Crippen LogP contribution in [0.1, 0.15) is 37.4 Å². The van der Waals surface area contributed by atoms with E-state index < -0.39 is 0 Å². The van der Waals surface area contributed by atoms with E-state index in [2.05, 4.69) is 19.2 Å². The Kier molecular flexibility index (Phi) is 6.58. The summed E-state index contributed by atoms with van der Waals surface area (Å²) in [5, 5.41) is 3.09. The van der Waals surface area contributed by atoms with Gasteiger partial charge in [0.25, 0.3) is 0 Å². The molecule has 1 aliphatic rings. The normalized spacial score (nSPS) is 14.6. The van der Waals surface area contributed by atoms with Crippen LogP contribution in [0.4, 0.5) is 0 Å². The number of hydrogen-bond donors (Lipinski definition) is 1. The van der Waals surface area contributed by atoms with Crippen LogP contribution in [0.15, 0.2) is 48.5 Å². The highest BCUT2D eigenvalue weighted by molar-refractivity contribution is 5.92. The Morgan fingerprint density at radius 3 is 2.46 bits per heavy atom. The van der Waals surface area contributed by atoms with Crippen molar-refractivity contribution in [3.8, 4) is 17.2 Å². The van der Waals surface area contributed by atoms with Crippen LogP contribution >= 0.6 is 0 Å². The van der Waals surface area contributed by atoms with Crippen LogP contribution in [0.2, 0.25) is 0 Å². The second kappa shape index (κ2) is 9.31. The third-order valence-corrected chi connectivity index (χ3v) is 4.64. The lowest BCUT2D eigenvalue weighted by atomic mass is 9.96. The second-order valence-electron chi connectivity index (χ2n) is 7.09. The zero-order valence-corrected chi connectivity index (χ0v) is 16.6. The fourth-order valence-corrected chi connectivity index (χ4v) is 3.10. The van der Waals surface area contributed by atoms with Gasteiger partial charge in [0.1, 0.15) is 5.75 Å². The summed E-state index contributed by atoms with van der Waals surface area (Å²) < 4.78 is 16.5. The molecule has 0 saturated heterocycles. The Bertz CT molecular complexity index is 827. The summed E-state index contributed by atoms with van der Waals surface area (Å²) in [5.41, 5.74) is 1.94. The first kappa shape index (κ1) is 19.8. The van der Waals surface area contributed by atoms with Gasteiger partial charge in [0, 0.05) is 12.5 Å². The average Bonchev–Trinajstić information content (AvgIpc) is 2.95. The molecule has 2 aromatic carbocycles. The first-order chi connectivity index (χ1) is 13.6. The van der Waals surface area contributed by atoms with Crippen molar-refractivity contribution < 1.29 is 19.0 Å². The van der Waals surface area contributed by atoms with Crippen LogP contribution in [0.25, 0.3) is 6.08 Å². The SMILES string of the molecule is COc1ccc(C(NC(=O)/C=C/c2ccc3c(c2)OCCCO3)C(C)C)cc1. The number of rotatable bonds is 6. The monoisotopic (exact) mass is 381 g/mol. The van der Waals surface area contributed by atoms with Crippen LogP contribution < -0.4 is 19.5 Å². The molecule has 0 aliphatic carbocycles. The first-order valence-corrected chi connectivity index (χ1v) is 9.59. The summed E-state index contributed by atoms with van der Waals surface area (Å²) in [4.78, 5) is 12.5. The number of amides is 1. The number of carbonyl (C=O) groups is 1. The molecule has 1 N–H and O–H groups in total. The smallest absolute Gasteiger partial charge is 0.244 e. The largest absolute Gasteiger partial charge is 0.497 e. The standard InChI is InChI=1S/C23H27NO4/c1-16(2)23(18-7-9-19(26-3)10-8-18)24-22(25)12-6-17-5-11-20-21(15-17)28-14-4-13-27-20/h5-12,15-16,23H,4,13-14H2,1-3H3,(H,24,25)/b12-6+. The van der Waals surface area contributed by atoms with Crippen molar-refractivity contribution in [2.45, 2.75) is 26.3 Å². The lowest BCUT2D eigenvalue weighted by molar-refractivity contribution is -0.117. The maximum Gasteiger partial charge on any atom is 0.244 e. The van der Waals surface area contributed by atoms with Crippen molar-refractivity contribution in [3.05, 3.63) is 59.7 Å². The van der Waals surface area contributed by atoms with Crippen LogP contribution in [0.5, 0.6) is 17.2 Å². The van der Waals surface area contributed by atoms with E-state index in [1.54, 1.807) is 19.3 Å². The maximum atomic E-state index is 12.5. The van der Waals surface area contributed by atoms with Crippen molar-refractivity contribution in [1.29, 1.82) is 0 Å². The fraction of sp³-hybridized carbons (Fsp3) is 0.348. The number of ether oxygens (including phenoxy) is 3. The summed E-state index contributed by atoms with van der Waals surface area (Å²) in [6.45, 7) is 5.47. The molecule has 0 bridgehead atoms. The van der Waals surface area contributed by atoms with Gasteiger partial charge < -0.3 is 19.5 Å². The molecule has 2 aromatic rings. The maximum absolute atomic E-state index is 12.5. The topological polar surface area (TPSA) is 56.8 Å². The van der Waals surface area contributed by atoms with E-state index in [4.69, 9.17) is 14.2 Å². The van der Waals surface area contributed by atoms with Crippen molar-refractivity contribution in [1.82, 2.24) is 5.32 Å². The van der Waals surface area contributed by atoms with Crippen molar-refractivity contribution in [3.63, 3.8) is 0 Å². The minimum absolute atomic E-state index is 0.0770. The van der Waals surface area contributed by atoms with Crippen LogP contribution in [-0.4, -0.2) is 26.2 Å². The third kappa shape index (κ3) is 5.06. The molecule has 28 heavy (non-hydrogen) atoms. The van der Waals surface area contributed by atoms with Gasteiger partial charge in [0.05, 0.1) is 26.4 Å². The molecule has 0 fully saturated rings. The van der Waals surface area contributed by atoms with E-state index in [1.165, 1.54) is 0 Å². The predicted octanol–water partition coefficient (Wildman–Crippen LogP) is 4.38.